The van der Waals surface area contributed by atoms with Crippen molar-refractivity contribution in [3.05, 3.63) is 74.6 Å². The number of aryl methyl sites for hydroxylation is 1. The molecule has 9 heteroatoms. The van der Waals surface area contributed by atoms with Crippen molar-refractivity contribution in [2.75, 3.05) is 23.9 Å². The lowest BCUT2D eigenvalue weighted by molar-refractivity contribution is -0.119. The highest BCUT2D eigenvalue weighted by atomic mass is 79.9. The fraction of sp³-hybridized carbons (Fsp3) is 0.227. The Kier molecular flexibility index (Phi) is 6.66. The van der Waals surface area contributed by atoms with Crippen LogP contribution in [0.15, 0.2) is 58.5 Å². The Bertz CT molecular complexity index is 1110. The van der Waals surface area contributed by atoms with E-state index in [1.165, 1.54) is 12.0 Å². The zero-order valence-corrected chi connectivity index (χ0v) is 20.2. The maximum Gasteiger partial charge on any atom is 0.250 e. The first-order valence-electron chi connectivity index (χ1n) is 9.63. The minimum atomic E-state index is -0.187. The largest absolute Gasteiger partial charge is 0.375 e. The van der Waals surface area contributed by atoms with E-state index < -0.39 is 0 Å². The molecule has 1 aromatic carbocycles. The molecule has 1 aliphatic heterocycles. The molecule has 0 radical (unpaired) electrons. The van der Waals surface area contributed by atoms with E-state index in [0.29, 0.717) is 5.11 Å². The molecule has 1 amide bonds. The van der Waals surface area contributed by atoms with Gasteiger partial charge < -0.3 is 20.3 Å². The number of hydrogen-bond donors (Lipinski definition) is 2. The number of anilines is 2. The summed E-state index contributed by atoms with van der Waals surface area (Å²) in [6.07, 6.45) is 1.80. The van der Waals surface area contributed by atoms with E-state index in [0.717, 1.165) is 26.4 Å². The van der Waals surface area contributed by atoms with Gasteiger partial charge in [0.1, 0.15) is 6.61 Å². The number of rotatable bonds is 6. The molecule has 1 saturated heterocycles. The number of aromatic nitrogens is 1. The number of carbonyl (C=O) groups is 1. The standard InChI is InChI=1S/C22H21BrN4O2S2/c1-13-11-14(6-7-15(13)25-19(28)12-29-2)27-21(17-8-9-18(23)31-17)20(26-22(27)30)16-5-3-4-10-24-16/h3-11,20-21H,12H2,1-2H3,(H,25,28)(H,26,30). The maximum atomic E-state index is 11.9. The van der Waals surface area contributed by atoms with Crippen LogP contribution in [0.25, 0.3) is 0 Å². The molecule has 1 aliphatic rings. The van der Waals surface area contributed by atoms with Gasteiger partial charge in [-0.1, -0.05) is 6.07 Å². The number of thiocarbonyl (C=S) groups is 1. The number of halogens is 1. The van der Waals surface area contributed by atoms with Crippen LogP contribution in [0.3, 0.4) is 0 Å². The monoisotopic (exact) mass is 516 g/mol. The van der Waals surface area contributed by atoms with Gasteiger partial charge in [-0.2, -0.15) is 0 Å². The highest BCUT2D eigenvalue weighted by Gasteiger charge is 2.41. The number of hydrogen-bond acceptors (Lipinski definition) is 5. The van der Waals surface area contributed by atoms with E-state index in [-0.39, 0.29) is 24.6 Å². The van der Waals surface area contributed by atoms with Gasteiger partial charge in [0.25, 0.3) is 0 Å². The van der Waals surface area contributed by atoms with Crippen molar-refractivity contribution in [1.29, 1.82) is 0 Å². The summed E-state index contributed by atoms with van der Waals surface area (Å²) in [5.74, 6) is -0.187. The summed E-state index contributed by atoms with van der Waals surface area (Å²) in [7, 11) is 1.50. The van der Waals surface area contributed by atoms with Crippen LogP contribution >= 0.6 is 39.5 Å². The van der Waals surface area contributed by atoms with Crippen molar-refractivity contribution < 1.29 is 9.53 Å². The van der Waals surface area contributed by atoms with Crippen molar-refractivity contribution >= 4 is 61.9 Å². The Morgan fingerprint density at radius 1 is 1.32 bits per heavy atom. The van der Waals surface area contributed by atoms with Crippen LogP contribution in [-0.4, -0.2) is 29.7 Å². The first kappa shape index (κ1) is 21.9. The Balaban J connectivity index is 1.71. The molecule has 2 unspecified atom stereocenters. The number of pyridine rings is 1. The van der Waals surface area contributed by atoms with Crippen LogP contribution in [0.5, 0.6) is 0 Å². The first-order chi connectivity index (χ1) is 15.0. The summed E-state index contributed by atoms with van der Waals surface area (Å²) in [6.45, 7) is 1.98. The van der Waals surface area contributed by atoms with Gasteiger partial charge in [0.2, 0.25) is 5.91 Å². The van der Waals surface area contributed by atoms with Crippen molar-refractivity contribution in [2.45, 2.75) is 19.0 Å². The highest BCUT2D eigenvalue weighted by Crippen LogP contribution is 2.44. The third-order valence-electron chi connectivity index (χ3n) is 5.02. The second kappa shape index (κ2) is 9.44. The molecule has 2 atom stereocenters. The summed E-state index contributed by atoms with van der Waals surface area (Å²) in [6, 6.07) is 15.8. The fourth-order valence-electron chi connectivity index (χ4n) is 3.66. The molecule has 3 heterocycles. The van der Waals surface area contributed by atoms with E-state index in [1.54, 1.807) is 17.5 Å². The van der Waals surface area contributed by atoms with Gasteiger partial charge >= 0.3 is 0 Å². The molecule has 0 saturated carbocycles. The normalized spacial score (nSPS) is 18.2. The van der Waals surface area contributed by atoms with Gasteiger partial charge in [0, 0.05) is 29.6 Å². The molecule has 1 fully saturated rings. The molecule has 3 aromatic rings. The number of ether oxygens (including phenoxy) is 1. The fourth-order valence-corrected chi connectivity index (χ4v) is 5.56. The second-order valence-electron chi connectivity index (χ2n) is 7.12. The Morgan fingerprint density at radius 2 is 2.16 bits per heavy atom. The number of carbonyl (C=O) groups excluding carboxylic acids is 1. The van der Waals surface area contributed by atoms with E-state index in [4.69, 9.17) is 17.0 Å². The zero-order chi connectivity index (χ0) is 22.0. The number of methoxy groups -OCH3 is 1. The van der Waals surface area contributed by atoms with Crippen LogP contribution < -0.4 is 15.5 Å². The smallest absolute Gasteiger partial charge is 0.250 e. The van der Waals surface area contributed by atoms with Gasteiger partial charge in [0.05, 0.1) is 21.6 Å². The topological polar surface area (TPSA) is 66.5 Å². The number of nitrogens with one attached hydrogen (secondary N) is 2. The lowest BCUT2D eigenvalue weighted by Crippen LogP contribution is -2.29. The summed E-state index contributed by atoms with van der Waals surface area (Å²) in [5, 5.41) is 6.98. The zero-order valence-electron chi connectivity index (χ0n) is 17.0. The van der Waals surface area contributed by atoms with E-state index in [9.17, 15) is 4.79 Å². The number of thiophene rings is 1. The lowest BCUT2D eigenvalue weighted by atomic mass is 10.0. The molecule has 0 aliphatic carbocycles. The van der Waals surface area contributed by atoms with E-state index in [1.807, 2.05) is 43.3 Å². The lowest BCUT2D eigenvalue weighted by Gasteiger charge is -2.27. The van der Waals surface area contributed by atoms with Crippen molar-refractivity contribution in [2.24, 2.45) is 0 Å². The van der Waals surface area contributed by atoms with E-state index in [2.05, 4.69) is 48.6 Å². The molecule has 2 N–H and O–H groups in total. The molecule has 4 rings (SSSR count). The average molecular weight is 517 g/mol. The summed E-state index contributed by atoms with van der Waals surface area (Å²) >= 11 is 11.0. The molecule has 6 nitrogen and oxygen atoms in total. The summed E-state index contributed by atoms with van der Waals surface area (Å²) in [4.78, 5) is 19.8. The van der Waals surface area contributed by atoms with Gasteiger partial charge in [-0.05, 0) is 83.1 Å². The minimum Gasteiger partial charge on any atom is -0.375 e. The summed E-state index contributed by atoms with van der Waals surface area (Å²) in [5.41, 5.74) is 3.58. The molecular formula is C22H21BrN4O2S2. The van der Waals surface area contributed by atoms with Crippen LogP contribution in [0.2, 0.25) is 0 Å². The maximum absolute atomic E-state index is 11.9. The van der Waals surface area contributed by atoms with E-state index >= 15 is 0 Å². The number of amides is 1. The Morgan fingerprint density at radius 3 is 2.81 bits per heavy atom. The first-order valence-corrected chi connectivity index (χ1v) is 11.6. The molecule has 160 valence electrons. The van der Waals surface area contributed by atoms with Crippen LogP contribution in [-0.2, 0) is 9.53 Å². The van der Waals surface area contributed by atoms with Crippen molar-refractivity contribution in [3.63, 3.8) is 0 Å². The SMILES string of the molecule is COCC(=O)Nc1ccc(N2C(=S)NC(c3ccccn3)C2c2ccc(Br)s2)cc1C. The summed E-state index contributed by atoms with van der Waals surface area (Å²) < 4.78 is 5.96. The van der Waals surface area contributed by atoms with Gasteiger partial charge in [-0.25, -0.2) is 0 Å². The molecule has 31 heavy (non-hydrogen) atoms. The number of benzene rings is 1. The molecular weight excluding hydrogens is 496 g/mol. The van der Waals surface area contributed by atoms with Gasteiger partial charge in [-0.15, -0.1) is 11.3 Å². The minimum absolute atomic E-state index is 0.0163. The second-order valence-corrected chi connectivity index (χ2v) is 10.0. The Hall–Kier alpha value is -2.33. The highest BCUT2D eigenvalue weighted by molar-refractivity contribution is 9.11. The molecule has 2 aromatic heterocycles. The van der Waals surface area contributed by atoms with Crippen LogP contribution in [0, 0.1) is 6.92 Å². The predicted molar refractivity (Wildman–Crippen MR) is 132 cm³/mol. The average Bonchev–Trinajstić information content (AvgIpc) is 3.33. The van der Waals surface area contributed by atoms with Crippen molar-refractivity contribution in [1.82, 2.24) is 10.3 Å². The van der Waals surface area contributed by atoms with Gasteiger partial charge in [0.15, 0.2) is 5.11 Å². The number of nitrogens with zero attached hydrogens (tertiary/aromatic N) is 2. The Labute approximate surface area is 198 Å². The third kappa shape index (κ3) is 4.64. The molecule has 0 bridgehead atoms. The third-order valence-corrected chi connectivity index (χ3v) is 7.03. The quantitative estimate of drug-likeness (QED) is 0.450. The van der Waals surface area contributed by atoms with Crippen LogP contribution in [0.4, 0.5) is 11.4 Å². The van der Waals surface area contributed by atoms with Crippen LogP contribution in [0.1, 0.15) is 28.2 Å². The predicted octanol–water partition coefficient (Wildman–Crippen LogP) is 4.98. The van der Waals surface area contributed by atoms with Gasteiger partial charge in [-0.3, -0.25) is 9.78 Å². The molecule has 0 spiro atoms. The van der Waals surface area contributed by atoms with Crippen molar-refractivity contribution in [3.8, 4) is 0 Å².